The lowest BCUT2D eigenvalue weighted by Gasteiger charge is -1.94. The van der Waals surface area contributed by atoms with E-state index in [9.17, 15) is 4.79 Å². The van der Waals surface area contributed by atoms with E-state index in [-0.39, 0.29) is 5.75 Å². The molecule has 0 fully saturated rings. The van der Waals surface area contributed by atoms with Crippen molar-refractivity contribution in [2.45, 2.75) is 5.16 Å². The highest BCUT2D eigenvalue weighted by molar-refractivity contribution is 7.99. The van der Waals surface area contributed by atoms with Gasteiger partial charge in [-0.05, 0) is 6.07 Å². The highest BCUT2D eigenvalue weighted by Gasteiger charge is 2.11. The second-order valence-electron chi connectivity index (χ2n) is 2.99. The number of aliphatic carboxylic acids is 1. The zero-order valence-corrected chi connectivity index (χ0v) is 9.23. The molecule has 2 N–H and O–H groups in total. The number of carboxylic acid groups (broad SMARTS) is 1. The van der Waals surface area contributed by atoms with Crippen LogP contribution < -0.4 is 0 Å². The van der Waals surface area contributed by atoms with E-state index in [0.717, 1.165) is 11.8 Å². The van der Waals surface area contributed by atoms with Gasteiger partial charge in [0.05, 0.1) is 5.75 Å². The Kier molecular flexibility index (Phi) is 2.91. The number of aromatic nitrogens is 5. The number of rotatable bonds is 4. The van der Waals surface area contributed by atoms with Gasteiger partial charge in [0.2, 0.25) is 0 Å². The van der Waals surface area contributed by atoms with Gasteiger partial charge >= 0.3 is 5.97 Å². The summed E-state index contributed by atoms with van der Waals surface area (Å²) in [6, 6.07) is 1.75. The van der Waals surface area contributed by atoms with E-state index in [1.807, 2.05) is 0 Å². The molecule has 0 spiro atoms. The Labute approximate surface area is 94.9 Å². The second-order valence-corrected chi connectivity index (χ2v) is 3.94. The van der Waals surface area contributed by atoms with Crippen LogP contribution in [0.15, 0.2) is 17.4 Å². The highest BCUT2D eigenvalue weighted by atomic mass is 32.2. The van der Waals surface area contributed by atoms with Crippen molar-refractivity contribution < 1.29 is 9.90 Å². The maximum Gasteiger partial charge on any atom is 0.313 e. The zero-order valence-electron chi connectivity index (χ0n) is 8.41. The molecule has 0 atom stereocenters. The number of nitrogens with one attached hydrogen (secondary N) is 1. The first kappa shape index (κ1) is 10.7. The average Bonchev–Trinajstić information content (AvgIpc) is 2.83. The van der Waals surface area contributed by atoms with Gasteiger partial charge in [0.15, 0.2) is 11.0 Å². The van der Waals surface area contributed by atoms with Gasteiger partial charge in [-0.2, -0.15) is 10.1 Å². The third-order valence-electron chi connectivity index (χ3n) is 1.79. The number of hydrogen-bond acceptors (Lipinski definition) is 5. The van der Waals surface area contributed by atoms with Crippen molar-refractivity contribution in [1.82, 2.24) is 25.0 Å². The van der Waals surface area contributed by atoms with E-state index < -0.39 is 5.97 Å². The molecule has 2 aromatic rings. The minimum atomic E-state index is -0.879. The fourth-order valence-corrected chi connectivity index (χ4v) is 1.75. The molecular weight excluding hydrogens is 230 g/mol. The summed E-state index contributed by atoms with van der Waals surface area (Å²) in [5.74, 6) is -0.404. The fraction of sp³-hybridized carbons (Fsp3) is 0.250. The molecule has 0 radical (unpaired) electrons. The molecule has 2 aromatic heterocycles. The molecule has 2 heterocycles. The first-order valence-electron chi connectivity index (χ1n) is 4.42. The van der Waals surface area contributed by atoms with Crippen LogP contribution in [0.2, 0.25) is 0 Å². The quantitative estimate of drug-likeness (QED) is 0.749. The SMILES string of the molecule is Cn1nc(-c2ccn[nH]2)nc1SCC(=O)O. The number of aryl methyl sites for hydroxylation is 1. The number of aromatic amines is 1. The van der Waals surface area contributed by atoms with Crippen molar-refractivity contribution in [1.29, 1.82) is 0 Å². The number of carboxylic acids is 1. The maximum atomic E-state index is 10.4. The number of thioether (sulfide) groups is 1. The molecule has 84 valence electrons. The van der Waals surface area contributed by atoms with Crippen LogP contribution in [0.25, 0.3) is 11.5 Å². The van der Waals surface area contributed by atoms with Crippen LogP contribution in [0.3, 0.4) is 0 Å². The van der Waals surface area contributed by atoms with E-state index in [1.54, 1.807) is 24.0 Å². The van der Waals surface area contributed by atoms with Gasteiger partial charge in [-0.15, -0.1) is 5.10 Å². The van der Waals surface area contributed by atoms with Crippen LogP contribution in [0.5, 0.6) is 0 Å². The summed E-state index contributed by atoms with van der Waals surface area (Å²) in [4.78, 5) is 14.6. The molecule has 7 nitrogen and oxygen atoms in total. The van der Waals surface area contributed by atoms with Crippen LogP contribution in [0.1, 0.15) is 0 Å². The summed E-state index contributed by atoms with van der Waals surface area (Å²) in [7, 11) is 1.72. The minimum absolute atomic E-state index is 0.0328. The van der Waals surface area contributed by atoms with Crippen LogP contribution in [0.4, 0.5) is 0 Å². The molecule has 16 heavy (non-hydrogen) atoms. The fourth-order valence-electron chi connectivity index (χ4n) is 1.12. The largest absolute Gasteiger partial charge is 0.481 e. The van der Waals surface area contributed by atoms with Gasteiger partial charge in [-0.25, -0.2) is 4.68 Å². The smallest absolute Gasteiger partial charge is 0.313 e. The summed E-state index contributed by atoms with van der Waals surface area (Å²) in [5, 5.41) is 19.8. The van der Waals surface area contributed by atoms with Crippen molar-refractivity contribution in [2.75, 3.05) is 5.75 Å². The lowest BCUT2D eigenvalue weighted by Crippen LogP contribution is -2.00. The van der Waals surface area contributed by atoms with Crippen molar-refractivity contribution >= 4 is 17.7 Å². The van der Waals surface area contributed by atoms with Gasteiger partial charge in [0.25, 0.3) is 0 Å². The molecule has 0 aliphatic carbocycles. The van der Waals surface area contributed by atoms with E-state index in [2.05, 4.69) is 20.3 Å². The molecule has 0 saturated heterocycles. The molecule has 0 aliphatic heterocycles. The van der Waals surface area contributed by atoms with E-state index in [1.165, 1.54) is 0 Å². The number of nitrogens with zero attached hydrogens (tertiary/aromatic N) is 4. The van der Waals surface area contributed by atoms with Gasteiger partial charge in [-0.3, -0.25) is 9.89 Å². The second kappa shape index (κ2) is 4.35. The molecule has 2 rings (SSSR count). The molecule has 0 unspecified atom stereocenters. The van der Waals surface area contributed by atoms with Gasteiger partial charge in [-0.1, -0.05) is 11.8 Å². The van der Waals surface area contributed by atoms with Crippen molar-refractivity contribution in [3.05, 3.63) is 12.3 Å². The predicted octanol–water partition coefficient (Wildman–Crippen LogP) is 0.382. The Bertz CT molecular complexity index is 493. The average molecular weight is 239 g/mol. The number of carbonyl (C=O) groups is 1. The summed E-state index contributed by atoms with van der Waals surface area (Å²) in [6.45, 7) is 0. The first-order valence-corrected chi connectivity index (χ1v) is 5.41. The summed E-state index contributed by atoms with van der Waals surface area (Å²) >= 11 is 1.13. The van der Waals surface area contributed by atoms with Crippen molar-refractivity contribution in [3.63, 3.8) is 0 Å². The molecule has 0 saturated carbocycles. The Balaban J connectivity index is 2.19. The molecular formula is C8H9N5O2S. The molecule has 0 amide bonds. The Morgan fingerprint density at radius 2 is 2.50 bits per heavy atom. The topological polar surface area (TPSA) is 96.7 Å². The predicted molar refractivity (Wildman–Crippen MR) is 56.9 cm³/mol. The van der Waals surface area contributed by atoms with Crippen molar-refractivity contribution in [3.8, 4) is 11.5 Å². The highest BCUT2D eigenvalue weighted by Crippen LogP contribution is 2.18. The van der Waals surface area contributed by atoms with E-state index >= 15 is 0 Å². The van der Waals surface area contributed by atoms with Crippen LogP contribution in [-0.4, -0.2) is 41.8 Å². The van der Waals surface area contributed by atoms with Crippen LogP contribution in [0, 0.1) is 0 Å². The summed E-state index contributed by atoms with van der Waals surface area (Å²) in [6.07, 6.45) is 1.61. The van der Waals surface area contributed by atoms with Gasteiger partial charge in [0.1, 0.15) is 5.69 Å². The standard InChI is InChI=1S/C8H9N5O2S/c1-13-8(16-4-6(14)15)10-7(12-13)5-2-3-9-11-5/h2-3H,4H2,1H3,(H,9,11)(H,14,15). The summed E-state index contributed by atoms with van der Waals surface area (Å²) in [5.41, 5.74) is 0.706. The molecule has 0 aliphatic rings. The number of H-pyrrole nitrogens is 1. The van der Waals surface area contributed by atoms with Gasteiger partial charge in [0, 0.05) is 13.2 Å². The maximum absolute atomic E-state index is 10.4. The lowest BCUT2D eigenvalue weighted by atomic mass is 10.4. The van der Waals surface area contributed by atoms with E-state index in [4.69, 9.17) is 5.11 Å². The molecule has 0 aromatic carbocycles. The zero-order chi connectivity index (χ0) is 11.5. The van der Waals surface area contributed by atoms with Crippen LogP contribution in [-0.2, 0) is 11.8 Å². The normalized spacial score (nSPS) is 10.6. The molecule has 0 bridgehead atoms. The van der Waals surface area contributed by atoms with E-state index in [0.29, 0.717) is 16.7 Å². The summed E-state index contributed by atoms with van der Waals surface area (Å²) < 4.78 is 1.55. The van der Waals surface area contributed by atoms with Crippen LogP contribution >= 0.6 is 11.8 Å². The third kappa shape index (κ3) is 2.22. The Hall–Kier alpha value is -1.83. The Morgan fingerprint density at radius 3 is 3.12 bits per heavy atom. The van der Waals surface area contributed by atoms with Gasteiger partial charge < -0.3 is 5.11 Å². The molecule has 8 heteroatoms. The Morgan fingerprint density at radius 1 is 1.69 bits per heavy atom. The minimum Gasteiger partial charge on any atom is -0.481 e. The first-order chi connectivity index (χ1) is 7.66. The lowest BCUT2D eigenvalue weighted by molar-refractivity contribution is -0.133. The third-order valence-corrected chi connectivity index (χ3v) is 2.79. The monoisotopic (exact) mass is 239 g/mol. The number of hydrogen-bond donors (Lipinski definition) is 2. The van der Waals surface area contributed by atoms with Crippen molar-refractivity contribution in [2.24, 2.45) is 7.05 Å².